The Hall–Kier alpha value is -3.66. The molecule has 0 aliphatic rings. The zero-order valence-electron chi connectivity index (χ0n) is 19.3. The molecule has 3 rings (SSSR count). The molecule has 0 saturated carbocycles. The number of ether oxygens (including phenoxy) is 3. The summed E-state index contributed by atoms with van der Waals surface area (Å²) in [7, 11) is 0. The van der Waals surface area contributed by atoms with Gasteiger partial charge in [-0.15, -0.1) is 0 Å². The minimum absolute atomic E-state index is 0.0873. The molecule has 0 saturated heterocycles. The van der Waals surface area contributed by atoms with Crippen LogP contribution in [-0.4, -0.2) is 19.1 Å². The summed E-state index contributed by atoms with van der Waals surface area (Å²) in [6.45, 7) is 4.91. The second-order valence-electron chi connectivity index (χ2n) is 7.26. The fourth-order valence-corrected chi connectivity index (χ4v) is 3.51. The lowest BCUT2D eigenvalue weighted by atomic mass is 10.1. The van der Waals surface area contributed by atoms with E-state index < -0.39 is 5.91 Å². The van der Waals surface area contributed by atoms with Gasteiger partial charge >= 0.3 is 0 Å². The van der Waals surface area contributed by atoms with Gasteiger partial charge in [0.05, 0.1) is 18.2 Å². The molecular weight excluding hydrogens is 487 g/mol. The van der Waals surface area contributed by atoms with Gasteiger partial charge in [-0.1, -0.05) is 35.3 Å². The Labute approximate surface area is 214 Å². The molecule has 1 amide bonds. The molecule has 0 bridgehead atoms. The summed E-state index contributed by atoms with van der Waals surface area (Å²) in [4.78, 5) is 12.7. The van der Waals surface area contributed by atoms with E-state index in [9.17, 15) is 10.1 Å². The largest absolute Gasteiger partial charge is 0.490 e. The molecule has 180 valence electrons. The zero-order chi connectivity index (χ0) is 25.2. The Morgan fingerprint density at radius 2 is 1.66 bits per heavy atom. The molecule has 0 heterocycles. The van der Waals surface area contributed by atoms with E-state index in [1.54, 1.807) is 48.5 Å². The number of nitrogens with one attached hydrogen (secondary N) is 1. The molecule has 3 aromatic carbocycles. The van der Waals surface area contributed by atoms with Crippen molar-refractivity contribution in [1.82, 2.24) is 0 Å². The second kappa shape index (κ2) is 12.7. The molecule has 0 radical (unpaired) electrons. The molecule has 0 atom stereocenters. The van der Waals surface area contributed by atoms with Gasteiger partial charge in [-0.2, -0.15) is 5.26 Å². The SMILES string of the molecule is CCOc1cc(/C=C(\C#N)C(=O)Nc2ccc(OCc3ccc(Cl)cc3)cc2)cc(Cl)c1OCC. The number of carbonyl (C=O) groups excluding carboxylic acids is 1. The Kier molecular flexibility index (Phi) is 9.42. The Balaban J connectivity index is 1.69. The summed E-state index contributed by atoms with van der Waals surface area (Å²) in [6.07, 6.45) is 1.45. The maximum Gasteiger partial charge on any atom is 0.266 e. The molecule has 3 aromatic rings. The molecule has 0 aliphatic heterocycles. The maximum absolute atomic E-state index is 12.7. The van der Waals surface area contributed by atoms with Crippen molar-refractivity contribution in [2.75, 3.05) is 18.5 Å². The minimum atomic E-state index is -0.551. The molecular formula is C27H24Cl2N2O4. The van der Waals surface area contributed by atoms with Gasteiger partial charge in [-0.25, -0.2) is 0 Å². The first kappa shape index (κ1) is 26.0. The number of amides is 1. The lowest BCUT2D eigenvalue weighted by Crippen LogP contribution is -2.13. The van der Waals surface area contributed by atoms with Crippen molar-refractivity contribution in [2.45, 2.75) is 20.5 Å². The Bertz CT molecular complexity index is 1230. The third kappa shape index (κ3) is 7.41. The van der Waals surface area contributed by atoms with Crippen LogP contribution in [0.2, 0.25) is 10.0 Å². The Morgan fingerprint density at radius 1 is 0.971 bits per heavy atom. The lowest BCUT2D eigenvalue weighted by molar-refractivity contribution is -0.112. The van der Waals surface area contributed by atoms with Crippen LogP contribution in [0.4, 0.5) is 5.69 Å². The monoisotopic (exact) mass is 510 g/mol. The second-order valence-corrected chi connectivity index (χ2v) is 8.10. The summed E-state index contributed by atoms with van der Waals surface area (Å²) >= 11 is 12.2. The van der Waals surface area contributed by atoms with Crippen molar-refractivity contribution in [2.24, 2.45) is 0 Å². The van der Waals surface area contributed by atoms with Gasteiger partial charge in [0.1, 0.15) is 24.0 Å². The van der Waals surface area contributed by atoms with E-state index in [-0.39, 0.29) is 5.57 Å². The van der Waals surface area contributed by atoms with E-state index in [1.165, 1.54) is 6.08 Å². The van der Waals surface area contributed by atoms with Gasteiger partial charge in [-0.05, 0) is 79.6 Å². The van der Waals surface area contributed by atoms with Gasteiger partial charge in [0.2, 0.25) is 0 Å². The van der Waals surface area contributed by atoms with Crippen LogP contribution in [0.15, 0.2) is 66.2 Å². The van der Waals surface area contributed by atoms with Crippen molar-refractivity contribution in [3.05, 3.63) is 87.4 Å². The quantitative estimate of drug-likeness (QED) is 0.236. The third-order valence-electron chi connectivity index (χ3n) is 4.73. The fraction of sp³-hybridized carbons (Fsp3) is 0.185. The molecule has 0 aromatic heterocycles. The molecule has 0 fully saturated rings. The number of nitriles is 1. The summed E-state index contributed by atoms with van der Waals surface area (Å²) < 4.78 is 16.9. The molecule has 0 spiro atoms. The van der Waals surface area contributed by atoms with Crippen LogP contribution < -0.4 is 19.5 Å². The highest BCUT2D eigenvalue weighted by Crippen LogP contribution is 2.37. The number of hydrogen-bond donors (Lipinski definition) is 1. The Morgan fingerprint density at radius 3 is 2.29 bits per heavy atom. The highest BCUT2D eigenvalue weighted by molar-refractivity contribution is 6.32. The van der Waals surface area contributed by atoms with Gasteiger partial charge < -0.3 is 19.5 Å². The number of hydrogen-bond acceptors (Lipinski definition) is 5. The molecule has 8 heteroatoms. The standard InChI is InChI=1S/C27H24Cl2N2O4/c1-3-33-25-15-19(14-24(29)26(25)34-4-2)13-20(16-30)27(32)31-22-9-11-23(12-10-22)35-17-18-5-7-21(28)8-6-18/h5-15H,3-4,17H2,1-2H3,(H,31,32)/b20-13+. The van der Waals surface area contributed by atoms with E-state index in [2.05, 4.69) is 5.32 Å². The number of halogens is 2. The molecule has 0 unspecified atom stereocenters. The van der Waals surface area contributed by atoms with Crippen molar-refractivity contribution in [3.8, 4) is 23.3 Å². The van der Waals surface area contributed by atoms with Crippen LogP contribution in [0.25, 0.3) is 6.08 Å². The fourth-order valence-electron chi connectivity index (χ4n) is 3.11. The first-order valence-corrected chi connectivity index (χ1v) is 11.7. The number of carbonyl (C=O) groups is 1. The van der Waals surface area contributed by atoms with Crippen LogP contribution in [0.5, 0.6) is 17.2 Å². The van der Waals surface area contributed by atoms with Crippen molar-refractivity contribution >= 4 is 40.9 Å². The topological polar surface area (TPSA) is 80.6 Å². The highest BCUT2D eigenvalue weighted by Gasteiger charge is 2.14. The van der Waals surface area contributed by atoms with E-state index in [0.717, 1.165) is 5.56 Å². The summed E-state index contributed by atoms with van der Waals surface area (Å²) in [5, 5.41) is 13.3. The summed E-state index contributed by atoms with van der Waals surface area (Å²) in [6, 6.07) is 19.5. The van der Waals surface area contributed by atoms with E-state index in [1.807, 2.05) is 32.0 Å². The lowest BCUT2D eigenvalue weighted by Gasteiger charge is -2.13. The molecule has 6 nitrogen and oxygen atoms in total. The molecule has 0 aliphatic carbocycles. The van der Waals surface area contributed by atoms with Crippen LogP contribution in [0, 0.1) is 11.3 Å². The van der Waals surface area contributed by atoms with Gasteiger partial charge in [0.15, 0.2) is 11.5 Å². The molecule has 35 heavy (non-hydrogen) atoms. The summed E-state index contributed by atoms with van der Waals surface area (Å²) in [5.41, 5.74) is 1.96. The normalized spacial score (nSPS) is 10.9. The molecule has 1 N–H and O–H groups in total. The highest BCUT2D eigenvalue weighted by atomic mass is 35.5. The van der Waals surface area contributed by atoms with E-state index >= 15 is 0 Å². The third-order valence-corrected chi connectivity index (χ3v) is 5.26. The van der Waals surface area contributed by atoms with Crippen molar-refractivity contribution in [1.29, 1.82) is 5.26 Å². The van der Waals surface area contributed by atoms with E-state index in [0.29, 0.717) is 58.4 Å². The van der Waals surface area contributed by atoms with Gasteiger partial charge in [-0.3, -0.25) is 4.79 Å². The smallest absolute Gasteiger partial charge is 0.266 e. The van der Waals surface area contributed by atoms with Crippen LogP contribution in [0.1, 0.15) is 25.0 Å². The number of nitrogens with zero attached hydrogens (tertiary/aromatic N) is 1. The number of anilines is 1. The van der Waals surface area contributed by atoms with Crippen LogP contribution in [0.3, 0.4) is 0 Å². The van der Waals surface area contributed by atoms with Crippen LogP contribution in [-0.2, 0) is 11.4 Å². The first-order chi connectivity index (χ1) is 16.9. The predicted octanol–water partition coefficient (Wildman–Crippen LogP) is 6.92. The van der Waals surface area contributed by atoms with E-state index in [4.69, 9.17) is 37.4 Å². The summed E-state index contributed by atoms with van der Waals surface area (Å²) in [5.74, 6) is 0.960. The average Bonchev–Trinajstić information content (AvgIpc) is 2.85. The van der Waals surface area contributed by atoms with Crippen molar-refractivity contribution < 1.29 is 19.0 Å². The predicted molar refractivity (Wildman–Crippen MR) is 138 cm³/mol. The minimum Gasteiger partial charge on any atom is -0.490 e. The maximum atomic E-state index is 12.7. The van der Waals surface area contributed by atoms with Gasteiger partial charge in [0, 0.05) is 10.7 Å². The number of benzene rings is 3. The average molecular weight is 511 g/mol. The first-order valence-electron chi connectivity index (χ1n) is 10.9. The zero-order valence-corrected chi connectivity index (χ0v) is 20.8. The number of rotatable bonds is 10. The van der Waals surface area contributed by atoms with Crippen LogP contribution >= 0.6 is 23.2 Å². The van der Waals surface area contributed by atoms with Gasteiger partial charge in [0.25, 0.3) is 5.91 Å². The van der Waals surface area contributed by atoms with Crippen molar-refractivity contribution in [3.63, 3.8) is 0 Å².